The first-order chi connectivity index (χ1) is 13.3. The smallest absolute Gasteiger partial charge is 0.274 e. The van der Waals surface area contributed by atoms with Crippen molar-refractivity contribution < 1.29 is 4.79 Å². The number of rotatable bonds is 5. The maximum atomic E-state index is 12.8. The molecule has 4 aromatic rings. The van der Waals surface area contributed by atoms with Crippen LogP contribution in [0.2, 0.25) is 0 Å². The Kier molecular flexibility index (Phi) is 4.70. The van der Waals surface area contributed by atoms with Crippen LogP contribution in [0.25, 0.3) is 16.9 Å². The van der Waals surface area contributed by atoms with E-state index in [1.54, 1.807) is 17.1 Å². The predicted molar refractivity (Wildman–Crippen MR) is 102 cm³/mol. The second-order valence-corrected chi connectivity index (χ2v) is 5.94. The van der Waals surface area contributed by atoms with Gasteiger partial charge in [-0.3, -0.25) is 9.78 Å². The van der Waals surface area contributed by atoms with Gasteiger partial charge in [0.1, 0.15) is 5.69 Å². The van der Waals surface area contributed by atoms with Gasteiger partial charge in [-0.2, -0.15) is 0 Å². The lowest BCUT2D eigenvalue weighted by Gasteiger charge is -2.09. The molecule has 132 valence electrons. The van der Waals surface area contributed by atoms with Crippen LogP contribution in [0, 0.1) is 0 Å². The molecule has 4 rings (SSSR count). The van der Waals surface area contributed by atoms with Gasteiger partial charge in [-0.1, -0.05) is 59.8 Å². The second-order valence-electron chi connectivity index (χ2n) is 5.94. The number of aromatic nitrogens is 4. The number of nitrogens with one attached hydrogen (secondary N) is 1. The largest absolute Gasteiger partial charge is 0.346 e. The molecule has 0 saturated heterocycles. The number of para-hydroxylation sites is 1. The summed E-state index contributed by atoms with van der Waals surface area (Å²) in [5.74, 6) is -0.278. The van der Waals surface area contributed by atoms with Crippen molar-refractivity contribution in [1.29, 1.82) is 0 Å². The van der Waals surface area contributed by atoms with E-state index >= 15 is 0 Å². The Morgan fingerprint density at radius 1 is 0.926 bits per heavy atom. The number of hydrogen-bond acceptors (Lipinski definition) is 4. The fourth-order valence-corrected chi connectivity index (χ4v) is 2.81. The van der Waals surface area contributed by atoms with E-state index in [0.717, 1.165) is 16.8 Å². The molecule has 0 aliphatic rings. The van der Waals surface area contributed by atoms with Crippen LogP contribution >= 0.6 is 0 Å². The summed E-state index contributed by atoms with van der Waals surface area (Å²) in [5.41, 5.74) is 3.58. The zero-order chi connectivity index (χ0) is 18.5. The molecule has 0 radical (unpaired) electrons. The van der Waals surface area contributed by atoms with E-state index in [4.69, 9.17) is 0 Å². The Morgan fingerprint density at radius 3 is 2.37 bits per heavy atom. The summed E-state index contributed by atoms with van der Waals surface area (Å²) in [7, 11) is 0. The molecule has 0 fully saturated rings. The fourth-order valence-electron chi connectivity index (χ4n) is 2.81. The molecular formula is C21H17N5O. The molecular weight excluding hydrogens is 338 g/mol. The Labute approximate surface area is 156 Å². The standard InChI is InChI=1S/C21H17N5O/c27-21(23-15-16-8-7-13-22-14-16)19-20(17-9-3-1-4-10-17)26(25-24-19)18-11-5-2-6-12-18/h1-14H,15H2,(H,23,27). The van der Waals surface area contributed by atoms with E-state index < -0.39 is 0 Å². The molecule has 2 aromatic carbocycles. The third-order valence-corrected chi connectivity index (χ3v) is 4.11. The van der Waals surface area contributed by atoms with Crippen molar-refractivity contribution in [2.24, 2.45) is 0 Å². The lowest BCUT2D eigenvalue weighted by Crippen LogP contribution is -2.24. The number of nitrogens with zero attached hydrogens (tertiary/aromatic N) is 4. The molecule has 0 aliphatic heterocycles. The van der Waals surface area contributed by atoms with Crippen LogP contribution in [0.4, 0.5) is 0 Å². The van der Waals surface area contributed by atoms with E-state index in [9.17, 15) is 4.79 Å². The van der Waals surface area contributed by atoms with Crippen LogP contribution in [0.15, 0.2) is 85.2 Å². The monoisotopic (exact) mass is 355 g/mol. The van der Waals surface area contributed by atoms with Crippen LogP contribution in [0.5, 0.6) is 0 Å². The summed E-state index contributed by atoms with van der Waals surface area (Å²) in [6.45, 7) is 0.374. The van der Waals surface area contributed by atoms with Gasteiger partial charge < -0.3 is 5.32 Å². The van der Waals surface area contributed by atoms with Gasteiger partial charge in [0, 0.05) is 24.5 Å². The zero-order valence-electron chi connectivity index (χ0n) is 14.5. The molecule has 0 saturated carbocycles. The van der Waals surface area contributed by atoms with Gasteiger partial charge in [-0.25, -0.2) is 4.68 Å². The minimum Gasteiger partial charge on any atom is -0.346 e. The lowest BCUT2D eigenvalue weighted by molar-refractivity contribution is 0.0946. The number of amides is 1. The molecule has 0 aliphatic carbocycles. The molecule has 0 bridgehead atoms. The van der Waals surface area contributed by atoms with Gasteiger partial charge in [-0.05, 0) is 23.8 Å². The van der Waals surface area contributed by atoms with Crippen molar-refractivity contribution in [3.05, 3.63) is 96.4 Å². The van der Waals surface area contributed by atoms with Gasteiger partial charge in [0.25, 0.3) is 5.91 Å². The van der Waals surface area contributed by atoms with Gasteiger partial charge >= 0.3 is 0 Å². The summed E-state index contributed by atoms with van der Waals surface area (Å²) in [6, 6.07) is 23.1. The van der Waals surface area contributed by atoms with Crippen molar-refractivity contribution in [3.8, 4) is 16.9 Å². The van der Waals surface area contributed by atoms with Crippen molar-refractivity contribution in [2.75, 3.05) is 0 Å². The van der Waals surface area contributed by atoms with Gasteiger partial charge in [0.15, 0.2) is 5.69 Å². The second kappa shape index (κ2) is 7.61. The molecule has 27 heavy (non-hydrogen) atoms. The fraction of sp³-hybridized carbons (Fsp3) is 0.0476. The van der Waals surface area contributed by atoms with Gasteiger partial charge in [-0.15, -0.1) is 5.10 Å². The number of hydrogen-bond donors (Lipinski definition) is 1. The van der Waals surface area contributed by atoms with Gasteiger partial charge in [0.05, 0.1) is 5.69 Å². The van der Waals surface area contributed by atoms with E-state index in [2.05, 4.69) is 20.6 Å². The molecule has 6 heteroatoms. The summed E-state index contributed by atoms with van der Waals surface area (Å²) in [4.78, 5) is 16.9. The topological polar surface area (TPSA) is 72.7 Å². The molecule has 6 nitrogen and oxygen atoms in total. The highest BCUT2D eigenvalue weighted by Crippen LogP contribution is 2.25. The number of carbonyl (C=O) groups excluding carboxylic acids is 1. The first-order valence-electron chi connectivity index (χ1n) is 8.56. The summed E-state index contributed by atoms with van der Waals surface area (Å²) < 4.78 is 1.69. The number of carbonyl (C=O) groups is 1. The minimum atomic E-state index is -0.278. The molecule has 2 heterocycles. The predicted octanol–water partition coefficient (Wildman–Crippen LogP) is 3.26. The number of benzene rings is 2. The maximum Gasteiger partial charge on any atom is 0.274 e. The highest BCUT2D eigenvalue weighted by atomic mass is 16.2. The normalized spacial score (nSPS) is 10.5. The Balaban J connectivity index is 1.70. The highest BCUT2D eigenvalue weighted by Gasteiger charge is 2.21. The Morgan fingerprint density at radius 2 is 1.67 bits per heavy atom. The molecule has 0 spiro atoms. The molecule has 0 unspecified atom stereocenters. The highest BCUT2D eigenvalue weighted by molar-refractivity contribution is 5.98. The number of pyridine rings is 1. The third-order valence-electron chi connectivity index (χ3n) is 4.11. The summed E-state index contributed by atoms with van der Waals surface area (Å²) in [6.07, 6.45) is 3.42. The first kappa shape index (κ1) is 16.7. The average molecular weight is 355 g/mol. The quantitative estimate of drug-likeness (QED) is 0.596. The van der Waals surface area contributed by atoms with Gasteiger partial charge in [0.2, 0.25) is 0 Å². The Bertz CT molecular complexity index is 1030. The first-order valence-corrected chi connectivity index (χ1v) is 8.56. The van der Waals surface area contributed by atoms with Crippen LogP contribution < -0.4 is 5.32 Å². The molecule has 2 aromatic heterocycles. The van der Waals surface area contributed by atoms with Crippen LogP contribution in [-0.2, 0) is 6.54 Å². The van der Waals surface area contributed by atoms with Crippen molar-refractivity contribution in [2.45, 2.75) is 6.54 Å². The third kappa shape index (κ3) is 3.59. The summed E-state index contributed by atoms with van der Waals surface area (Å²) in [5, 5.41) is 11.3. The van der Waals surface area contributed by atoms with E-state index in [1.807, 2.05) is 72.8 Å². The molecule has 1 N–H and O–H groups in total. The SMILES string of the molecule is O=C(NCc1cccnc1)c1nnn(-c2ccccc2)c1-c1ccccc1. The minimum absolute atomic E-state index is 0.278. The van der Waals surface area contributed by atoms with Crippen molar-refractivity contribution in [3.63, 3.8) is 0 Å². The van der Waals surface area contributed by atoms with Crippen LogP contribution in [0.3, 0.4) is 0 Å². The molecule has 1 amide bonds. The maximum absolute atomic E-state index is 12.8. The summed E-state index contributed by atoms with van der Waals surface area (Å²) >= 11 is 0. The van der Waals surface area contributed by atoms with E-state index in [-0.39, 0.29) is 11.6 Å². The van der Waals surface area contributed by atoms with E-state index in [1.165, 1.54) is 0 Å². The Hall–Kier alpha value is -3.80. The lowest BCUT2D eigenvalue weighted by atomic mass is 10.1. The van der Waals surface area contributed by atoms with Crippen molar-refractivity contribution in [1.82, 2.24) is 25.3 Å². The average Bonchev–Trinajstić information content (AvgIpc) is 3.19. The molecule has 0 atom stereocenters. The van der Waals surface area contributed by atoms with E-state index in [0.29, 0.717) is 12.2 Å². The van der Waals surface area contributed by atoms with Crippen LogP contribution in [0.1, 0.15) is 16.1 Å². The zero-order valence-corrected chi connectivity index (χ0v) is 14.5. The van der Waals surface area contributed by atoms with Crippen LogP contribution in [-0.4, -0.2) is 25.9 Å². The van der Waals surface area contributed by atoms with Crippen molar-refractivity contribution >= 4 is 5.91 Å².